The molecular formula is C20H25N3O3S. The van der Waals surface area contributed by atoms with Gasteiger partial charge in [0.2, 0.25) is 5.91 Å². The van der Waals surface area contributed by atoms with Gasteiger partial charge in [-0.25, -0.2) is 4.98 Å². The molecule has 144 valence electrons. The molecule has 0 aromatic carbocycles. The smallest absolute Gasteiger partial charge is 0.257 e. The molecule has 1 N–H and O–H groups in total. The van der Waals surface area contributed by atoms with E-state index in [0.29, 0.717) is 18.0 Å². The Kier molecular flexibility index (Phi) is 5.57. The highest BCUT2D eigenvalue weighted by Gasteiger charge is 2.27. The van der Waals surface area contributed by atoms with Crippen LogP contribution in [0.1, 0.15) is 59.1 Å². The highest BCUT2D eigenvalue weighted by Crippen LogP contribution is 2.31. The number of rotatable bonds is 6. The zero-order valence-corrected chi connectivity index (χ0v) is 16.2. The minimum atomic E-state index is 0.0456. The van der Waals surface area contributed by atoms with E-state index in [4.69, 9.17) is 9.40 Å². The van der Waals surface area contributed by atoms with Gasteiger partial charge in [0.1, 0.15) is 6.26 Å². The van der Waals surface area contributed by atoms with E-state index in [9.17, 15) is 9.59 Å². The van der Waals surface area contributed by atoms with E-state index in [-0.39, 0.29) is 17.7 Å². The van der Waals surface area contributed by atoms with Crippen LogP contribution in [0.4, 0.5) is 0 Å². The number of hydrogen-bond donors (Lipinski definition) is 1. The fourth-order valence-corrected chi connectivity index (χ4v) is 4.68. The summed E-state index contributed by atoms with van der Waals surface area (Å²) < 4.78 is 5.01. The van der Waals surface area contributed by atoms with Crippen LogP contribution in [0.2, 0.25) is 0 Å². The molecule has 1 saturated carbocycles. The predicted molar refractivity (Wildman–Crippen MR) is 103 cm³/mol. The van der Waals surface area contributed by atoms with E-state index in [1.807, 2.05) is 4.90 Å². The van der Waals surface area contributed by atoms with Crippen molar-refractivity contribution in [3.8, 4) is 0 Å². The van der Waals surface area contributed by atoms with Crippen molar-refractivity contribution in [3.63, 3.8) is 0 Å². The Balaban J connectivity index is 1.23. The van der Waals surface area contributed by atoms with E-state index in [0.717, 1.165) is 55.9 Å². The van der Waals surface area contributed by atoms with E-state index >= 15 is 0 Å². The van der Waals surface area contributed by atoms with Gasteiger partial charge < -0.3 is 14.6 Å². The van der Waals surface area contributed by atoms with Crippen LogP contribution in [0.15, 0.2) is 28.4 Å². The summed E-state index contributed by atoms with van der Waals surface area (Å²) in [5.41, 5.74) is 1.68. The maximum Gasteiger partial charge on any atom is 0.257 e. The molecule has 0 unspecified atom stereocenters. The zero-order chi connectivity index (χ0) is 18.6. The van der Waals surface area contributed by atoms with E-state index in [1.54, 1.807) is 17.4 Å². The SMILES string of the molecule is O=C(NCCc1csc(C2CCN(C(=O)c3ccoc3)CC2)n1)C1CCC1. The third-order valence-electron chi connectivity index (χ3n) is 5.63. The molecule has 2 amide bonds. The summed E-state index contributed by atoms with van der Waals surface area (Å²) in [6, 6.07) is 1.71. The fourth-order valence-electron chi connectivity index (χ4n) is 3.65. The molecule has 1 aliphatic heterocycles. The van der Waals surface area contributed by atoms with Gasteiger partial charge in [-0.2, -0.15) is 0 Å². The van der Waals surface area contributed by atoms with Crippen LogP contribution in [0.5, 0.6) is 0 Å². The molecule has 0 bridgehead atoms. The molecule has 2 aliphatic rings. The molecule has 0 spiro atoms. The molecule has 2 aromatic rings. The van der Waals surface area contributed by atoms with Gasteiger partial charge in [0.25, 0.3) is 5.91 Å². The lowest BCUT2D eigenvalue weighted by Crippen LogP contribution is -2.37. The first-order valence-electron chi connectivity index (χ1n) is 9.74. The predicted octanol–water partition coefficient (Wildman–Crippen LogP) is 3.21. The van der Waals surface area contributed by atoms with Crippen molar-refractivity contribution in [2.45, 2.75) is 44.4 Å². The van der Waals surface area contributed by atoms with Crippen molar-refractivity contribution in [2.75, 3.05) is 19.6 Å². The van der Waals surface area contributed by atoms with Gasteiger partial charge in [-0.1, -0.05) is 6.42 Å². The second kappa shape index (κ2) is 8.25. The first kappa shape index (κ1) is 18.2. The Morgan fingerprint density at radius 2 is 2.07 bits per heavy atom. The van der Waals surface area contributed by atoms with Crippen molar-refractivity contribution in [2.24, 2.45) is 5.92 Å². The zero-order valence-electron chi connectivity index (χ0n) is 15.4. The van der Waals surface area contributed by atoms with Crippen LogP contribution in [0.25, 0.3) is 0 Å². The number of nitrogens with one attached hydrogen (secondary N) is 1. The minimum absolute atomic E-state index is 0.0456. The monoisotopic (exact) mass is 387 g/mol. The normalized spacial score (nSPS) is 18.3. The van der Waals surface area contributed by atoms with Crippen LogP contribution in [-0.4, -0.2) is 41.3 Å². The van der Waals surface area contributed by atoms with Crippen molar-refractivity contribution in [3.05, 3.63) is 40.2 Å². The van der Waals surface area contributed by atoms with Gasteiger partial charge in [-0.15, -0.1) is 11.3 Å². The molecular weight excluding hydrogens is 362 g/mol. The molecule has 2 aromatic heterocycles. The van der Waals surface area contributed by atoms with Crippen molar-refractivity contribution in [1.29, 1.82) is 0 Å². The molecule has 4 rings (SSSR count). The van der Waals surface area contributed by atoms with E-state index in [1.165, 1.54) is 18.9 Å². The van der Waals surface area contributed by atoms with Crippen LogP contribution >= 0.6 is 11.3 Å². The number of piperidine rings is 1. The summed E-state index contributed by atoms with van der Waals surface area (Å²) in [6.45, 7) is 2.16. The topological polar surface area (TPSA) is 75.4 Å². The lowest BCUT2D eigenvalue weighted by molar-refractivity contribution is -0.127. The van der Waals surface area contributed by atoms with Gasteiger partial charge in [-0.05, 0) is 31.7 Å². The summed E-state index contributed by atoms with van der Waals surface area (Å²) in [6.07, 6.45) is 8.96. The number of aromatic nitrogens is 1. The summed E-state index contributed by atoms with van der Waals surface area (Å²) in [5.74, 6) is 0.906. The summed E-state index contributed by atoms with van der Waals surface area (Å²) >= 11 is 1.70. The number of amides is 2. The Morgan fingerprint density at radius 3 is 2.74 bits per heavy atom. The Hall–Kier alpha value is -2.15. The minimum Gasteiger partial charge on any atom is -0.472 e. The van der Waals surface area contributed by atoms with Crippen molar-refractivity contribution in [1.82, 2.24) is 15.2 Å². The maximum absolute atomic E-state index is 12.4. The van der Waals surface area contributed by atoms with Crippen molar-refractivity contribution >= 4 is 23.2 Å². The first-order chi connectivity index (χ1) is 13.2. The second-order valence-corrected chi connectivity index (χ2v) is 8.31. The third-order valence-corrected chi connectivity index (χ3v) is 6.68. The highest BCUT2D eigenvalue weighted by molar-refractivity contribution is 7.09. The molecule has 1 saturated heterocycles. The summed E-state index contributed by atoms with van der Waals surface area (Å²) in [4.78, 5) is 30.9. The van der Waals surface area contributed by atoms with Gasteiger partial charge in [0.05, 0.1) is 22.5 Å². The largest absolute Gasteiger partial charge is 0.472 e. The molecule has 1 aliphatic carbocycles. The molecule has 6 nitrogen and oxygen atoms in total. The number of carbonyl (C=O) groups excluding carboxylic acids is 2. The standard InChI is InChI=1S/C20H25N3O3S/c24-18(14-2-1-3-14)21-8-4-17-13-27-19(22-17)15-5-9-23(10-6-15)20(25)16-7-11-26-12-16/h7,11-15H,1-6,8-10H2,(H,21,24). The van der Waals surface area contributed by atoms with Gasteiger partial charge in [-0.3, -0.25) is 9.59 Å². The summed E-state index contributed by atoms with van der Waals surface area (Å²) in [7, 11) is 0. The number of furan rings is 1. The summed E-state index contributed by atoms with van der Waals surface area (Å²) in [5, 5.41) is 6.29. The van der Waals surface area contributed by atoms with Crippen LogP contribution in [-0.2, 0) is 11.2 Å². The van der Waals surface area contributed by atoms with Gasteiger partial charge >= 0.3 is 0 Å². The number of hydrogen-bond acceptors (Lipinski definition) is 5. The lowest BCUT2D eigenvalue weighted by Gasteiger charge is -2.30. The molecule has 7 heteroatoms. The average molecular weight is 388 g/mol. The molecule has 2 fully saturated rings. The Morgan fingerprint density at radius 1 is 1.26 bits per heavy atom. The number of carbonyl (C=O) groups is 2. The van der Waals surface area contributed by atoms with Gasteiger partial charge in [0.15, 0.2) is 0 Å². The number of thiazole rings is 1. The quantitative estimate of drug-likeness (QED) is 0.826. The molecule has 0 radical (unpaired) electrons. The van der Waals surface area contributed by atoms with Crippen molar-refractivity contribution < 1.29 is 14.0 Å². The first-order valence-corrected chi connectivity index (χ1v) is 10.6. The van der Waals surface area contributed by atoms with Crippen LogP contribution in [0.3, 0.4) is 0 Å². The van der Waals surface area contributed by atoms with Gasteiger partial charge in [0, 0.05) is 43.3 Å². The maximum atomic E-state index is 12.4. The van der Waals surface area contributed by atoms with Crippen LogP contribution < -0.4 is 5.32 Å². The molecule has 27 heavy (non-hydrogen) atoms. The molecule has 0 atom stereocenters. The molecule has 3 heterocycles. The highest BCUT2D eigenvalue weighted by atomic mass is 32.1. The fraction of sp³-hybridized carbons (Fsp3) is 0.550. The average Bonchev–Trinajstić information content (AvgIpc) is 3.32. The number of likely N-dealkylation sites (tertiary alicyclic amines) is 1. The van der Waals surface area contributed by atoms with E-state index < -0.39 is 0 Å². The third kappa shape index (κ3) is 4.24. The number of nitrogens with zero attached hydrogens (tertiary/aromatic N) is 2. The Bertz CT molecular complexity index is 774. The van der Waals surface area contributed by atoms with Crippen LogP contribution in [0, 0.1) is 5.92 Å². The van der Waals surface area contributed by atoms with E-state index in [2.05, 4.69) is 10.7 Å². The lowest BCUT2D eigenvalue weighted by atomic mass is 9.85. The second-order valence-electron chi connectivity index (χ2n) is 7.42. The Labute approximate surface area is 163 Å².